The van der Waals surface area contributed by atoms with Gasteiger partial charge in [-0.2, -0.15) is 0 Å². The number of fused-ring (bicyclic) bond motifs is 6. The third-order valence-electron chi connectivity index (χ3n) is 6.18. The molecule has 25 heavy (non-hydrogen) atoms. The highest BCUT2D eigenvalue weighted by molar-refractivity contribution is 6.11. The lowest BCUT2D eigenvalue weighted by atomic mass is 9.63. The van der Waals surface area contributed by atoms with Crippen LogP contribution in [0.2, 0.25) is 0 Å². The van der Waals surface area contributed by atoms with Gasteiger partial charge in [0, 0.05) is 34.1 Å². The van der Waals surface area contributed by atoms with Crippen LogP contribution in [0, 0.1) is 0 Å². The second-order valence-electron chi connectivity index (χ2n) is 8.81. The smallest absolute Gasteiger partial charge is 0.139 e. The third kappa shape index (κ3) is 2.00. The van der Waals surface area contributed by atoms with Crippen LogP contribution in [0.15, 0.2) is 47.1 Å². The van der Waals surface area contributed by atoms with E-state index in [4.69, 9.17) is 4.42 Å². The van der Waals surface area contributed by atoms with Gasteiger partial charge in [-0.25, -0.2) is 0 Å². The normalized spacial score (nSPS) is 18.7. The Morgan fingerprint density at radius 3 is 2.52 bits per heavy atom. The van der Waals surface area contributed by atoms with Crippen molar-refractivity contribution in [3.05, 3.63) is 53.9 Å². The van der Waals surface area contributed by atoms with Gasteiger partial charge in [0.2, 0.25) is 0 Å². The Bertz CT molecular complexity index is 1150. The molecule has 4 aromatic rings. The number of rotatable bonds is 0. The zero-order valence-corrected chi connectivity index (χ0v) is 15.3. The Morgan fingerprint density at radius 2 is 1.68 bits per heavy atom. The number of hydrogen-bond acceptors (Lipinski definition) is 2. The number of pyridine rings is 1. The lowest BCUT2D eigenvalue weighted by Gasteiger charge is -2.41. The maximum absolute atomic E-state index is 6.47. The molecular formula is C23H23NO. The molecule has 0 saturated carbocycles. The van der Waals surface area contributed by atoms with Crippen LogP contribution in [0.1, 0.15) is 51.7 Å². The second kappa shape index (κ2) is 4.63. The zero-order chi connectivity index (χ0) is 17.4. The molecule has 1 aliphatic carbocycles. The Kier molecular flexibility index (Phi) is 2.77. The van der Waals surface area contributed by atoms with Gasteiger partial charge >= 0.3 is 0 Å². The molecular weight excluding hydrogens is 306 g/mol. The standard InChI is InChI=1S/C23H23NO/c1-22(2)8-9-23(3,4)20-18(22)6-5-16-17-11-15-13-24-10-7-14(15)12-19(17)25-21(16)20/h5-7,10-13H,8-9H2,1-4H3. The lowest BCUT2D eigenvalue weighted by molar-refractivity contribution is 0.331. The van der Waals surface area contributed by atoms with E-state index in [1.807, 2.05) is 18.5 Å². The van der Waals surface area contributed by atoms with Gasteiger partial charge in [0.25, 0.3) is 0 Å². The largest absolute Gasteiger partial charge is 0.456 e. The highest BCUT2D eigenvalue weighted by Crippen LogP contribution is 2.49. The summed E-state index contributed by atoms with van der Waals surface area (Å²) in [5.41, 5.74) is 5.24. The van der Waals surface area contributed by atoms with Gasteiger partial charge in [0.05, 0.1) is 0 Å². The summed E-state index contributed by atoms with van der Waals surface area (Å²) < 4.78 is 6.47. The van der Waals surface area contributed by atoms with E-state index < -0.39 is 0 Å². The van der Waals surface area contributed by atoms with Crippen molar-refractivity contribution in [3.8, 4) is 0 Å². The van der Waals surface area contributed by atoms with Crippen molar-refractivity contribution in [3.63, 3.8) is 0 Å². The molecule has 0 unspecified atom stereocenters. The van der Waals surface area contributed by atoms with E-state index >= 15 is 0 Å². The number of aromatic nitrogens is 1. The van der Waals surface area contributed by atoms with Crippen molar-refractivity contribution in [1.82, 2.24) is 4.98 Å². The number of nitrogens with zero attached hydrogens (tertiary/aromatic N) is 1. The van der Waals surface area contributed by atoms with Gasteiger partial charge in [-0.05, 0) is 52.8 Å². The van der Waals surface area contributed by atoms with E-state index in [1.54, 1.807) is 0 Å². The van der Waals surface area contributed by atoms with Gasteiger partial charge in [-0.15, -0.1) is 0 Å². The zero-order valence-electron chi connectivity index (χ0n) is 15.3. The van der Waals surface area contributed by atoms with Crippen LogP contribution >= 0.6 is 0 Å². The fourth-order valence-electron chi connectivity index (χ4n) is 4.54. The third-order valence-corrected chi connectivity index (χ3v) is 6.18. The van der Waals surface area contributed by atoms with E-state index in [0.717, 1.165) is 16.6 Å². The van der Waals surface area contributed by atoms with Gasteiger partial charge in [-0.3, -0.25) is 4.98 Å². The van der Waals surface area contributed by atoms with Crippen molar-refractivity contribution in [2.24, 2.45) is 0 Å². The Balaban J connectivity index is 1.94. The van der Waals surface area contributed by atoms with Crippen LogP contribution in [0.25, 0.3) is 32.7 Å². The predicted octanol–water partition coefficient (Wildman–Crippen LogP) is 6.48. The summed E-state index contributed by atoms with van der Waals surface area (Å²) in [7, 11) is 0. The summed E-state index contributed by atoms with van der Waals surface area (Å²) in [5, 5.41) is 4.76. The average Bonchev–Trinajstić information content (AvgIpc) is 2.94. The predicted molar refractivity (Wildman–Crippen MR) is 104 cm³/mol. The van der Waals surface area contributed by atoms with E-state index in [2.05, 4.69) is 56.9 Å². The van der Waals surface area contributed by atoms with E-state index in [0.29, 0.717) is 0 Å². The fraction of sp³-hybridized carbons (Fsp3) is 0.348. The maximum atomic E-state index is 6.47. The highest BCUT2D eigenvalue weighted by atomic mass is 16.3. The second-order valence-corrected chi connectivity index (χ2v) is 8.81. The van der Waals surface area contributed by atoms with Crippen molar-refractivity contribution in [2.45, 2.75) is 51.4 Å². The van der Waals surface area contributed by atoms with Crippen LogP contribution < -0.4 is 0 Å². The monoisotopic (exact) mass is 329 g/mol. The molecule has 0 bridgehead atoms. The minimum Gasteiger partial charge on any atom is -0.456 e. The molecule has 2 heteroatoms. The Hall–Kier alpha value is -2.35. The minimum absolute atomic E-state index is 0.138. The maximum Gasteiger partial charge on any atom is 0.139 e. The molecule has 0 N–H and O–H groups in total. The molecule has 0 radical (unpaired) electrons. The molecule has 2 aromatic carbocycles. The summed E-state index contributed by atoms with van der Waals surface area (Å²) in [4.78, 5) is 4.27. The molecule has 0 atom stereocenters. The van der Waals surface area contributed by atoms with Gasteiger partial charge in [0.1, 0.15) is 11.2 Å². The van der Waals surface area contributed by atoms with Crippen LogP contribution in [0.5, 0.6) is 0 Å². The molecule has 2 aromatic heterocycles. The molecule has 2 heterocycles. The molecule has 0 amide bonds. The van der Waals surface area contributed by atoms with Gasteiger partial charge in [-0.1, -0.05) is 39.8 Å². The summed E-state index contributed by atoms with van der Waals surface area (Å²) in [6.45, 7) is 9.42. The first kappa shape index (κ1) is 14.9. The SMILES string of the molecule is CC1(C)CCC(C)(C)c2c1ccc1c2oc2cc3ccncc3cc21. The Morgan fingerprint density at radius 1 is 0.880 bits per heavy atom. The van der Waals surface area contributed by atoms with Crippen LogP contribution in [0.4, 0.5) is 0 Å². The van der Waals surface area contributed by atoms with Crippen molar-refractivity contribution >= 4 is 32.7 Å². The number of hydrogen-bond donors (Lipinski definition) is 0. The average molecular weight is 329 g/mol. The quantitative estimate of drug-likeness (QED) is 0.369. The fourth-order valence-corrected chi connectivity index (χ4v) is 4.54. The topological polar surface area (TPSA) is 26.0 Å². The van der Waals surface area contributed by atoms with Crippen molar-refractivity contribution in [2.75, 3.05) is 0 Å². The first-order valence-corrected chi connectivity index (χ1v) is 9.11. The van der Waals surface area contributed by atoms with Crippen LogP contribution in [-0.2, 0) is 10.8 Å². The van der Waals surface area contributed by atoms with E-state index in [9.17, 15) is 0 Å². The molecule has 126 valence electrons. The summed E-state index contributed by atoms with van der Waals surface area (Å²) in [6.07, 6.45) is 6.17. The molecule has 5 rings (SSSR count). The van der Waals surface area contributed by atoms with Crippen molar-refractivity contribution < 1.29 is 4.42 Å². The molecule has 1 aliphatic rings. The van der Waals surface area contributed by atoms with Crippen molar-refractivity contribution in [1.29, 1.82) is 0 Å². The first-order chi connectivity index (χ1) is 11.9. The summed E-state index contributed by atoms with van der Waals surface area (Å²) >= 11 is 0. The van der Waals surface area contributed by atoms with E-state index in [-0.39, 0.29) is 10.8 Å². The number of benzene rings is 2. The number of furan rings is 1. The highest BCUT2D eigenvalue weighted by Gasteiger charge is 2.39. The van der Waals surface area contributed by atoms with Crippen LogP contribution in [0.3, 0.4) is 0 Å². The van der Waals surface area contributed by atoms with Crippen LogP contribution in [-0.4, -0.2) is 4.98 Å². The lowest BCUT2D eigenvalue weighted by Crippen LogP contribution is -2.33. The summed E-state index contributed by atoms with van der Waals surface area (Å²) in [5.74, 6) is 0. The molecule has 0 spiro atoms. The molecule has 0 fully saturated rings. The minimum atomic E-state index is 0.138. The Labute approximate surface area is 147 Å². The van der Waals surface area contributed by atoms with E-state index in [1.165, 1.54) is 40.1 Å². The molecule has 0 saturated heterocycles. The van der Waals surface area contributed by atoms with Gasteiger partial charge < -0.3 is 4.42 Å². The first-order valence-electron chi connectivity index (χ1n) is 9.11. The summed E-state index contributed by atoms with van der Waals surface area (Å²) in [6, 6.07) is 11.0. The van der Waals surface area contributed by atoms with Gasteiger partial charge in [0.15, 0.2) is 0 Å². The molecule has 2 nitrogen and oxygen atoms in total. The molecule has 0 aliphatic heterocycles.